The lowest BCUT2D eigenvalue weighted by Gasteiger charge is -2.34. The number of hydrogen-bond donors (Lipinski definition) is 1. The van der Waals surface area contributed by atoms with Gasteiger partial charge in [0.25, 0.3) is 0 Å². The monoisotopic (exact) mass is 261 g/mol. The van der Waals surface area contributed by atoms with Gasteiger partial charge >= 0.3 is 0 Å². The van der Waals surface area contributed by atoms with Crippen molar-refractivity contribution in [2.75, 3.05) is 6.54 Å². The van der Waals surface area contributed by atoms with Crippen molar-refractivity contribution in [3.05, 3.63) is 29.3 Å². The minimum Gasteiger partial charge on any atom is -0.490 e. The summed E-state index contributed by atoms with van der Waals surface area (Å²) >= 11 is 0. The second kappa shape index (κ2) is 6.42. The Labute approximate surface area is 117 Å². The Bertz CT molecular complexity index is 414. The van der Waals surface area contributed by atoms with Gasteiger partial charge in [-0.1, -0.05) is 38.5 Å². The highest BCUT2D eigenvalue weighted by molar-refractivity contribution is 5.40. The molecule has 0 fully saturated rings. The Morgan fingerprint density at radius 1 is 1.37 bits per heavy atom. The minimum atomic E-state index is 0.351. The van der Waals surface area contributed by atoms with Crippen LogP contribution in [-0.4, -0.2) is 12.6 Å². The molecule has 2 rings (SSSR count). The van der Waals surface area contributed by atoms with E-state index in [0.29, 0.717) is 18.1 Å². The van der Waals surface area contributed by atoms with Crippen LogP contribution in [0.4, 0.5) is 0 Å². The van der Waals surface area contributed by atoms with Crippen LogP contribution in [0.5, 0.6) is 5.75 Å². The van der Waals surface area contributed by atoms with Crippen LogP contribution in [0.1, 0.15) is 57.2 Å². The van der Waals surface area contributed by atoms with Gasteiger partial charge in [-0.05, 0) is 38.3 Å². The summed E-state index contributed by atoms with van der Waals surface area (Å²) in [5.41, 5.74) is 2.65. The van der Waals surface area contributed by atoms with Gasteiger partial charge in [-0.15, -0.1) is 0 Å². The number of nitrogens with one attached hydrogen (secondary N) is 1. The van der Waals surface area contributed by atoms with Crippen molar-refractivity contribution in [1.82, 2.24) is 5.32 Å². The van der Waals surface area contributed by atoms with Crippen LogP contribution in [0, 0.1) is 12.8 Å². The van der Waals surface area contributed by atoms with E-state index in [0.717, 1.165) is 25.1 Å². The van der Waals surface area contributed by atoms with E-state index in [1.807, 2.05) is 0 Å². The molecule has 2 heteroatoms. The number of fused-ring (bicyclic) bond motifs is 1. The van der Waals surface area contributed by atoms with E-state index in [1.165, 1.54) is 17.5 Å². The fraction of sp³-hybridized carbons (Fsp3) is 0.647. The molecule has 1 N–H and O–H groups in total. The van der Waals surface area contributed by atoms with Crippen LogP contribution in [-0.2, 0) is 0 Å². The Morgan fingerprint density at radius 2 is 2.16 bits per heavy atom. The van der Waals surface area contributed by atoms with E-state index >= 15 is 0 Å². The minimum absolute atomic E-state index is 0.351. The summed E-state index contributed by atoms with van der Waals surface area (Å²) < 4.78 is 6.17. The van der Waals surface area contributed by atoms with Gasteiger partial charge in [0.2, 0.25) is 0 Å². The molecule has 2 unspecified atom stereocenters. The van der Waals surface area contributed by atoms with Crippen molar-refractivity contribution in [3.63, 3.8) is 0 Å². The largest absolute Gasteiger partial charge is 0.490 e. The molecule has 2 atom stereocenters. The maximum absolute atomic E-state index is 6.17. The fourth-order valence-corrected chi connectivity index (χ4v) is 2.85. The van der Waals surface area contributed by atoms with Crippen molar-refractivity contribution < 1.29 is 4.74 Å². The van der Waals surface area contributed by atoms with Crippen LogP contribution in [0.3, 0.4) is 0 Å². The van der Waals surface area contributed by atoms with Crippen LogP contribution >= 0.6 is 0 Å². The smallest absolute Gasteiger partial charge is 0.124 e. The van der Waals surface area contributed by atoms with Crippen molar-refractivity contribution in [2.45, 2.75) is 59.1 Å². The normalized spacial score (nSPS) is 22.2. The lowest BCUT2D eigenvalue weighted by molar-refractivity contribution is 0.128. The first kappa shape index (κ1) is 14.4. The lowest BCUT2D eigenvalue weighted by atomic mass is 9.91. The third kappa shape index (κ3) is 3.73. The van der Waals surface area contributed by atoms with Gasteiger partial charge in [-0.2, -0.15) is 0 Å². The maximum atomic E-state index is 6.17. The molecule has 0 bridgehead atoms. The number of ether oxygens (including phenoxy) is 1. The third-order valence-corrected chi connectivity index (χ3v) is 3.71. The Kier molecular flexibility index (Phi) is 4.87. The molecule has 0 radical (unpaired) electrons. The van der Waals surface area contributed by atoms with Gasteiger partial charge in [0.1, 0.15) is 11.9 Å². The SMILES string of the molecule is CCCNC1CC(CC(C)C)Oc2ccc(C)cc21. The highest BCUT2D eigenvalue weighted by Crippen LogP contribution is 2.37. The van der Waals surface area contributed by atoms with Crippen LogP contribution in [0.15, 0.2) is 18.2 Å². The van der Waals surface area contributed by atoms with Crippen molar-refractivity contribution >= 4 is 0 Å². The molecule has 1 aromatic rings. The first-order valence-electron chi connectivity index (χ1n) is 7.60. The van der Waals surface area contributed by atoms with E-state index in [1.54, 1.807) is 0 Å². The van der Waals surface area contributed by atoms with Crippen LogP contribution in [0.25, 0.3) is 0 Å². The summed E-state index contributed by atoms with van der Waals surface area (Å²) in [4.78, 5) is 0. The average molecular weight is 261 g/mol. The zero-order valence-corrected chi connectivity index (χ0v) is 12.7. The zero-order valence-electron chi connectivity index (χ0n) is 12.7. The van der Waals surface area contributed by atoms with Crippen molar-refractivity contribution in [3.8, 4) is 5.75 Å². The predicted molar refractivity (Wildman–Crippen MR) is 80.7 cm³/mol. The summed E-state index contributed by atoms with van der Waals surface area (Å²) in [6, 6.07) is 7.01. The highest BCUT2D eigenvalue weighted by atomic mass is 16.5. The Balaban J connectivity index is 2.19. The van der Waals surface area contributed by atoms with E-state index in [4.69, 9.17) is 4.74 Å². The predicted octanol–water partition coefficient (Wildman–Crippen LogP) is 4.23. The van der Waals surface area contributed by atoms with Gasteiger partial charge in [-0.3, -0.25) is 0 Å². The topological polar surface area (TPSA) is 21.3 Å². The van der Waals surface area contributed by atoms with Gasteiger partial charge in [0.05, 0.1) is 0 Å². The standard InChI is InChI=1S/C17H27NO/c1-5-8-18-16-11-14(9-12(2)3)19-17-7-6-13(4)10-15(16)17/h6-7,10,12,14,16,18H,5,8-9,11H2,1-4H3. The molecule has 1 aliphatic heterocycles. The van der Waals surface area contributed by atoms with Gasteiger partial charge in [0.15, 0.2) is 0 Å². The molecule has 1 aliphatic rings. The summed E-state index contributed by atoms with van der Waals surface area (Å²) in [7, 11) is 0. The average Bonchev–Trinajstić information content (AvgIpc) is 2.35. The van der Waals surface area contributed by atoms with Gasteiger partial charge < -0.3 is 10.1 Å². The molecule has 106 valence electrons. The van der Waals surface area contributed by atoms with E-state index < -0.39 is 0 Å². The lowest BCUT2D eigenvalue weighted by Crippen LogP contribution is -2.34. The maximum Gasteiger partial charge on any atom is 0.124 e. The van der Waals surface area contributed by atoms with E-state index in [-0.39, 0.29) is 0 Å². The van der Waals surface area contributed by atoms with Crippen LogP contribution < -0.4 is 10.1 Å². The molecule has 0 saturated carbocycles. The molecule has 0 aliphatic carbocycles. The van der Waals surface area contributed by atoms with Gasteiger partial charge in [-0.25, -0.2) is 0 Å². The second-order valence-electron chi connectivity index (χ2n) is 6.15. The molecule has 2 nitrogen and oxygen atoms in total. The molecular weight excluding hydrogens is 234 g/mol. The second-order valence-corrected chi connectivity index (χ2v) is 6.15. The molecule has 19 heavy (non-hydrogen) atoms. The zero-order chi connectivity index (χ0) is 13.8. The Hall–Kier alpha value is -1.02. The summed E-state index contributed by atoms with van der Waals surface area (Å²) in [6.45, 7) is 9.98. The summed E-state index contributed by atoms with van der Waals surface area (Å²) in [5.74, 6) is 1.76. The first-order chi connectivity index (χ1) is 9.10. The van der Waals surface area contributed by atoms with Crippen molar-refractivity contribution in [2.24, 2.45) is 5.92 Å². The third-order valence-electron chi connectivity index (χ3n) is 3.71. The highest BCUT2D eigenvalue weighted by Gasteiger charge is 2.28. The fourth-order valence-electron chi connectivity index (χ4n) is 2.85. The van der Waals surface area contributed by atoms with Crippen molar-refractivity contribution in [1.29, 1.82) is 0 Å². The Morgan fingerprint density at radius 3 is 2.84 bits per heavy atom. The molecule has 1 heterocycles. The molecule has 1 aromatic carbocycles. The number of rotatable bonds is 5. The number of hydrogen-bond acceptors (Lipinski definition) is 2. The molecule has 0 spiro atoms. The van der Waals surface area contributed by atoms with E-state index in [2.05, 4.69) is 51.2 Å². The molecular formula is C17H27NO. The number of benzene rings is 1. The summed E-state index contributed by atoms with van der Waals surface area (Å²) in [5, 5.41) is 3.68. The van der Waals surface area contributed by atoms with E-state index in [9.17, 15) is 0 Å². The quantitative estimate of drug-likeness (QED) is 0.856. The first-order valence-corrected chi connectivity index (χ1v) is 7.60. The molecule has 0 saturated heterocycles. The molecule has 0 amide bonds. The molecule has 0 aromatic heterocycles. The summed E-state index contributed by atoms with van der Waals surface area (Å²) in [6.07, 6.45) is 3.75. The van der Waals surface area contributed by atoms with Crippen LogP contribution in [0.2, 0.25) is 0 Å². The van der Waals surface area contributed by atoms with Gasteiger partial charge in [0, 0.05) is 18.0 Å². The number of aryl methyl sites for hydroxylation is 1.